The first-order valence-electron chi connectivity index (χ1n) is 5.37. The van der Waals surface area contributed by atoms with Crippen LogP contribution in [0.15, 0.2) is 35.2 Å². The Hall–Kier alpha value is -1.03. The summed E-state index contributed by atoms with van der Waals surface area (Å²) in [5.41, 5.74) is 0. The lowest BCUT2D eigenvalue weighted by molar-refractivity contribution is -0.518. The van der Waals surface area contributed by atoms with Gasteiger partial charge in [0.1, 0.15) is 0 Å². The second-order valence-electron chi connectivity index (χ2n) is 4.17. The van der Waals surface area contributed by atoms with Gasteiger partial charge in [0.2, 0.25) is 6.04 Å². The van der Waals surface area contributed by atoms with Crippen LogP contribution in [0.2, 0.25) is 0 Å². The second kappa shape index (κ2) is 5.89. The Morgan fingerprint density at radius 3 is 2.19 bits per heavy atom. The maximum atomic E-state index is 10.8. The van der Waals surface area contributed by atoms with Gasteiger partial charge in [-0.3, -0.25) is 10.1 Å². The summed E-state index contributed by atoms with van der Waals surface area (Å²) in [6.45, 7) is 5.74. The molecule has 0 saturated heterocycles. The lowest BCUT2D eigenvalue weighted by atomic mass is 10.1. The first kappa shape index (κ1) is 13.0. The molecule has 0 aromatic heterocycles. The minimum absolute atomic E-state index is 0.0115. The summed E-state index contributed by atoms with van der Waals surface area (Å²) in [5.74, 6) is 0.283. The summed E-state index contributed by atoms with van der Waals surface area (Å²) in [6.07, 6.45) is 0. The van der Waals surface area contributed by atoms with Crippen molar-refractivity contribution in [2.45, 2.75) is 37.0 Å². The summed E-state index contributed by atoms with van der Waals surface area (Å²) in [5, 5.41) is 10.8. The normalized spacial score (nSPS) is 14.8. The summed E-state index contributed by atoms with van der Waals surface area (Å²) in [7, 11) is 0. The van der Waals surface area contributed by atoms with E-state index in [4.69, 9.17) is 0 Å². The molecule has 0 spiro atoms. The molecule has 2 atom stereocenters. The van der Waals surface area contributed by atoms with Gasteiger partial charge in [-0.05, 0) is 18.1 Å². The van der Waals surface area contributed by atoms with Crippen LogP contribution in [0.1, 0.15) is 20.8 Å². The van der Waals surface area contributed by atoms with E-state index in [1.165, 1.54) is 0 Å². The third-order valence-electron chi connectivity index (χ3n) is 2.48. The van der Waals surface area contributed by atoms with Crippen molar-refractivity contribution in [3.05, 3.63) is 40.4 Å². The van der Waals surface area contributed by atoms with E-state index in [1.54, 1.807) is 18.7 Å². The van der Waals surface area contributed by atoms with Crippen LogP contribution in [0.4, 0.5) is 0 Å². The molecule has 4 heteroatoms. The Bertz CT molecular complexity index is 340. The van der Waals surface area contributed by atoms with Crippen LogP contribution in [0.5, 0.6) is 0 Å². The Balaban J connectivity index is 2.77. The molecule has 0 N–H and O–H groups in total. The van der Waals surface area contributed by atoms with Gasteiger partial charge in [0.05, 0.1) is 5.25 Å². The van der Waals surface area contributed by atoms with Gasteiger partial charge in [0, 0.05) is 16.7 Å². The maximum Gasteiger partial charge on any atom is 0.222 e. The number of rotatable bonds is 5. The molecular weight excluding hydrogens is 222 g/mol. The Labute approximate surface area is 100 Å². The zero-order chi connectivity index (χ0) is 12.1. The highest BCUT2D eigenvalue weighted by molar-refractivity contribution is 8.00. The molecule has 0 saturated carbocycles. The number of nitrogens with zero attached hydrogens (tertiary/aromatic N) is 1. The first-order chi connectivity index (χ1) is 7.52. The molecule has 2 unspecified atom stereocenters. The predicted molar refractivity (Wildman–Crippen MR) is 67.4 cm³/mol. The molecule has 0 fully saturated rings. The molecule has 3 nitrogen and oxygen atoms in total. The number of hydrogen-bond donors (Lipinski definition) is 0. The molecule has 0 radical (unpaired) electrons. The summed E-state index contributed by atoms with van der Waals surface area (Å²) >= 11 is 1.59. The smallest absolute Gasteiger partial charge is 0.222 e. The van der Waals surface area contributed by atoms with Crippen LogP contribution < -0.4 is 0 Å². The number of thioether (sulfide) groups is 1. The van der Waals surface area contributed by atoms with Gasteiger partial charge in [-0.15, -0.1) is 11.8 Å². The molecule has 1 aromatic carbocycles. The van der Waals surface area contributed by atoms with E-state index in [2.05, 4.69) is 0 Å². The van der Waals surface area contributed by atoms with Gasteiger partial charge in [0.15, 0.2) is 0 Å². The SMILES string of the molecule is CC(C)C(Sc1ccccc1)C(C)[N+](=O)[O-]. The third-order valence-corrected chi connectivity index (χ3v) is 4.24. The minimum atomic E-state index is -0.523. The molecule has 0 aliphatic rings. The van der Waals surface area contributed by atoms with E-state index < -0.39 is 6.04 Å². The van der Waals surface area contributed by atoms with Crippen molar-refractivity contribution >= 4 is 11.8 Å². The van der Waals surface area contributed by atoms with Gasteiger partial charge in [0.25, 0.3) is 0 Å². The molecule has 0 bridgehead atoms. The fourth-order valence-electron chi connectivity index (χ4n) is 1.57. The van der Waals surface area contributed by atoms with Gasteiger partial charge in [-0.25, -0.2) is 0 Å². The molecule has 16 heavy (non-hydrogen) atoms. The van der Waals surface area contributed by atoms with Gasteiger partial charge in [-0.2, -0.15) is 0 Å². The van der Waals surface area contributed by atoms with Crippen molar-refractivity contribution in [2.24, 2.45) is 5.92 Å². The highest BCUT2D eigenvalue weighted by Crippen LogP contribution is 2.31. The largest absolute Gasteiger partial charge is 0.264 e. The van der Waals surface area contributed by atoms with Gasteiger partial charge in [-0.1, -0.05) is 32.0 Å². The fraction of sp³-hybridized carbons (Fsp3) is 0.500. The highest BCUT2D eigenvalue weighted by atomic mass is 32.2. The van der Waals surface area contributed by atoms with Crippen molar-refractivity contribution < 1.29 is 4.92 Å². The first-order valence-corrected chi connectivity index (χ1v) is 6.25. The Kier molecular flexibility index (Phi) is 4.80. The Morgan fingerprint density at radius 1 is 1.19 bits per heavy atom. The molecular formula is C12H17NO2S. The minimum Gasteiger partial charge on any atom is -0.264 e. The van der Waals surface area contributed by atoms with Crippen LogP contribution >= 0.6 is 11.8 Å². The third kappa shape index (κ3) is 3.52. The van der Waals surface area contributed by atoms with Crippen LogP contribution in [0.3, 0.4) is 0 Å². The van der Waals surface area contributed by atoms with E-state index in [9.17, 15) is 10.1 Å². The number of benzene rings is 1. The van der Waals surface area contributed by atoms with Crippen molar-refractivity contribution in [1.29, 1.82) is 0 Å². The van der Waals surface area contributed by atoms with E-state index in [1.807, 2.05) is 44.2 Å². The molecule has 0 amide bonds. The average Bonchev–Trinajstić information content (AvgIpc) is 2.26. The van der Waals surface area contributed by atoms with Crippen molar-refractivity contribution in [2.75, 3.05) is 0 Å². The monoisotopic (exact) mass is 239 g/mol. The number of nitro groups is 1. The quantitative estimate of drug-likeness (QED) is 0.449. The second-order valence-corrected chi connectivity index (χ2v) is 5.42. The van der Waals surface area contributed by atoms with E-state index >= 15 is 0 Å². The zero-order valence-corrected chi connectivity index (χ0v) is 10.6. The average molecular weight is 239 g/mol. The molecule has 0 heterocycles. The molecule has 1 rings (SSSR count). The van der Waals surface area contributed by atoms with Crippen molar-refractivity contribution in [3.63, 3.8) is 0 Å². The highest BCUT2D eigenvalue weighted by Gasteiger charge is 2.30. The van der Waals surface area contributed by atoms with E-state index in [0.29, 0.717) is 0 Å². The van der Waals surface area contributed by atoms with Crippen LogP contribution in [-0.2, 0) is 0 Å². The Morgan fingerprint density at radius 2 is 1.75 bits per heavy atom. The summed E-state index contributed by atoms with van der Waals surface area (Å²) < 4.78 is 0. The predicted octanol–water partition coefficient (Wildman–Crippen LogP) is 3.47. The molecule has 0 aliphatic heterocycles. The van der Waals surface area contributed by atoms with E-state index in [0.717, 1.165) is 4.90 Å². The number of hydrogen-bond acceptors (Lipinski definition) is 3. The van der Waals surface area contributed by atoms with Crippen LogP contribution in [0, 0.1) is 16.0 Å². The lowest BCUT2D eigenvalue weighted by Crippen LogP contribution is -2.32. The summed E-state index contributed by atoms with van der Waals surface area (Å²) in [4.78, 5) is 11.7. The topological polar surface area (TPSA) is 43.1 Å². The summed E-state index contributed by atoms with van der Waals surface area (Å²) in [6, 6.07) is 9.32. The van der Waals surface area contributed by atoms with Crippen molar-refractivity contribution in [3.8, 4) is 0 Å². The maximum absolute atomic E-state index is 10.8. The van der Waals surface area contributed by atoms with Gasteiger partial charge >= 0.3 is 0 Å². The van der Waals surface area contributed by atoms with Crippen LogP contribution in [0.25, 0.3) is 0 Å². The van der Waals surface area contributed by atoms with E-state index in [-0.39, 0.29) is 16.1 Å². The standard InChI is InChI=1S/C12H17NO2S/c1-9(2)12(10(3)13(14)15)16-11-7-5-4-6-8-11/h4-10,12H,1-3H3. The van der Waals surface area contributed by atoms with Crippen molar-refractivity contribution in [1.82, 2.24) is 0 Å². The lowest BCUT2D eigenvalue weighted by Gasteiger charge is -2.21. The van der Waals surface area contributed by atoms with Gasteiger partial charge < -0.3 is 0 Å². The fourth-order valence-corrected chi connectivity index (χ4v) is 2.76. The molecule has 88 valence electrons. The molecule has 0 aliphatic carbocycles. The molecule has 1 aromatic rings. The zero-order valence-electron chi connectivity index (χ0n) is 9.79. The van der Waals surface area contributed by atoms with Crippen LogP contribution in [-0.4, -0.2) is 16.2 Å².